The molecule has 0 atom stereocenters. The highest BCUT2D eigenvalue weighted by Gasteiger charge is 2.17. The number of aromatic nitrogens is 2. The number of rotatable bonds is 10. The fraction of sp³-hybridized carbons (Fsp3) is 0.308. The second-order valence-corrected chi connectivity index (χ2v) is 7.88. The van der Waals surface area contributed by atoms with E-state index in [1.165, 1.54) is 0 Å². The Hall–Kier alpha value is -3.58. The van der Waals surface area contributed by atoms with Gasteiger partial charge in [-0.2, -0.15) is 0 Å². The number of para-hydroxylation sites is 3. The molecule has 0 aliphatic carbocycles. The topological polar surface area (TPSA) is 72.5 Å². The highest BCUT2D eigenvalue weighted by Crippen LogP contribution is 2.22. The minimum absolute atomic E-state index is 0.223. The fourth-order valence-corrected chi connectivity index (χ4v) is 3.79. The van der Waals surface area contributed by atoms with Crippen molar-refractivity contribution >= 4 is 22.9 Å². The molecule has 0 aliphatic rings. The lowest BCUT2D eigenvalue weighted by Crippen LogP contribution is -2.27. The van der Waals surface area contributed by atoms with Gasteiger partial charge >= 0.3 is 0 Å². The maximum Gasteiger partial charge on any atom is 0.293 e. The molecular weight excluding hydrogens is 416 g/mol. The number of ether oxygens (including phenoxy) is 1. The molecule has 2 aromatic carbocycles. The molecule has 2 aromatic heterocycles. The van der Waals surface area contributed by atoms with Crippen LogP contribution in [0, 0.1) is 6.92 Å². The number of imidazole rings is 1. The van der Waals surface area contributed by atoms with E-state index in [1.807, 2.05) is 55.5 Å². The van der Waals surface area contributed by atoms with E-state index < -0.39 is 0 Å². The van der Waals surface area contributed by atoms with Crippen molar-refractivity contribution in [2.24, 2.45) is 0 Å². The minimum Gasteiger partial charge on any atom is -0.485 e. The third-order valence-electron chi connectivity index (χ3n) is 5.76. The number of hydrogen-bond donors (Lipinski definition) is 1. The molecule has 1 N–H and O–H groups in total. The molecule has 2 heterocycles. The summed E-state index contributed by atoms with van der Waals surface area (Å²) in [7, 11) is 0. The quantitative estimate of drug-likeness (QED) is 0.366. The molecule has 172 valence electrons. The number of carbonyl (C=O) groups is 1. The van der Waals surface area contributed by atoms with Crippen LogP contribution in [-0.4, -0.2) is 40.0 Å². The van der Waals surface area contributed by atoms with Crippen LogP contribution in [0.5, 0.6) is 5.75 Å². The number of aryl methyl sites for hydroxylation is 1. The maximum absolute atomic E-state index is 12.9. The number of fused-ring (bicyclic) bond motifs is 1. The number of nitrogens with one attached hydrogen (secondary N) is 1. The van der Waals surface area contributed by atoms with E-state index in [9.17, 15) is 4.79 Å². The second-order valence-electron chi connectivity index (χ2n) is 7.88. The third-order valence-corrected chi connectivity index (χ3v) is 5.76. The number of anilines is 1. The van der Waals surface area contributed by atoms with Crippen molar-refractivity contribution in [3.63, 3.8) is 0 Å². The maximum atomic E-state index is 12.9. The first-order valence-corrected chi connectivity index (χ1v) is 11.3. The molecule has 0 saturated carbocycles. The smallest absolute Gasteiger partial charge is 0.293 e. The van der Waals surface area contributed by atoms with E-state index >= 15 is 0 Å². The van der Waals surface area contributed by atoms with Gasteiger partial charge in [0.05, 0.1) is 11.0 Å². The van der Waals surface area contributed by atoms with E-state index in [2.05, 4.69) is 33.6 Å². The largest absolute Gasteiger partial charge is 0.485 e. The van der Waals surface area contributed by atoms with Crippen molar-refractivity contribution in [3.05, 3.63) is 77.7 Å². The summed E-state index contributed by atoms with van der Waals surface area (Å²) in [6.45, 7) is 10.1. The Morgan fingerprint density at radius 3 is 2.61 bits per heavy atom. The van der Waals surface area contributed by atoms with Gasteiger partial charge in [-0.1, -0.05) is 44.2 Å². The molecule has 0 radical (unpaired) electrons. The lowest BCUT2D eigenvalue weighted by atomic mass is 10.2. The number of furan rings is 1. The average Bonchev–Trinajstić information content (AvgIpc) is 3.44. The van der Waals surface area contributed by atoms with Gasteiger partial charge in [0.15, 0.2) is 5.76 Å². The summed E-state index contributed by atoms with van der Waals surface area (Å²) in [6, 6.07) is 19.1. The van der Waals surface area contributed by atoms with Crippen LogP contribution < -0.4 is 10.1 Å². The van der Waals surface area contributed by atoms with Crippen molar-refractivity contribution in [3.8, 4) is 5.75 Å². The summed E-state index contributed by atoms with van der Waals surface area (Å²) in [5.41, 5.74) is 2.89. The molecule has 0 saturated heterocycles. The van der Waals surface area contributed by atoms with Crippen molar-refractivity contribution in [1.29, 1.82) is 0 Å². The monoisotopic (exact) mass is 446 g/mol. The molecule has 0 aliphatic heterocycles. The van der Waals surface area contributed by atoms with Crippen molar-refractivity contribution in [2.75, 3.05) is 25.0 Å². The molecule has 4 aromatic rings. The van der Waals surface area contributed by atoms with Crippen molar-refractivity contribution in [2.45, 2.75) is 33.9 Å². The Morgan fingerprint density at radius 1 is 1.06 bits per heavy atom. The van der Waals surface area contributed by atoms with Gasteiger partial charge in [-0.05, 0) is 55.9 Å². The van der Waals surface area contributed by atoms with Crippen LogP contribution in [0.1, 0.15) is 35.7 Å². The number of amides is 1. The van der Waals surface area contributed by atoms with E-state index in [-0.39, 0.29) is 18.3 Å². The number of carbonyl (C=O) groups excluding carboxylic acids is 1. The first-order chi connectivity index (χ1) is 16.1. The summed E-state index contributed by atoms with van der Waals surface area (Å²) in [4.78, 5) is 19.9. The Kier molecular flexibility index (Phi) is 7.10. The predicted octanol–water partition coefficient (Wildman–Crippen LogP) is 5.11. The van der Waals surface area contributed by atoms with Gasteiger partial charge in [-0.25, -0.2) is 4.98 Å². The van der Waals surface area contributed by atoms with Crippen LogP contribution >= 0.6 is 0 Å². The molecule has 0 unspecified atom stereocenters. The highest BCUT2D eigenvalue weighted by atomic mass is 16.5. The zero-order valence-corrected chi connectivity index (χ0v) is 19.4. The highest BCUT2D eigenvalue weighted by molar-refractivity contribution is 6.02. The van der Waals surface area contributed by atoms with Crippen molar-refractivity contribution < 1.29 is 13.9 Å². The van der Waals surface area contributed by atoms with E-state index in [0.29, 0.717) is 11.7 Å². The average molecular weight is 447 g/mol. The molecule has 0 spiro atoms. The molecular formula is C26H30N4O3. The van der Waals surface area contributed by atoms with Gasteiger partial charge in [-0.3, -0.25) is 10.1 Å². The van der Waals surface area contributed by atoms with Gasteiger partial charge in [0.25, 0.3) is 5.91 Å². The summed E-state index contributed by atoms with van der Waals surface area (Å²) in [5, 5.41) is 2.93. The Bertz CT molecular complexity index is 1220. The minimum atomic E-state index is -0.337. The molecule has 1 amide bonds. The Morgan fingerprint density at radius 2 is 1.82 bits per heavy atom. The Balaban J connectivity index is 1.47. The van der Waals surface area contributed by atoms with Gasteiger partial charge in [0.1, 0.15) is 18.1 Å². The molecule has 33 heavy (non-hydrogen) atoms. The van der Waals surface area contributed by atoms with Crippen LogP contribution in [0.15, 0.2) is 65.1 Å². The van der Waals surface area contributed by atoms with Gasteiger partial charge in [-0.15, -0.1) is 0 Å². The predicted molar refractivity (Wildman–Crippen MR) is 130 cm³/mol. The normalized spacial score (nSPS) is 11.3. The first-order valence-electron chi connectivity index (χ1n) is 11.3. The van der Waals surface area contributed by atoms with E-state index in [4.69, 9.17) is 9.15 Å². The molecule has 4 rings (SSSR count). The zero-order chi connectivity index (χ0) is 23.2. The van der Waals surface area contributed by atoms with Crippen LogP contribution in [0.4, 0.5) is 5.95 Å². The number of benzene rings is 2. The summed E-state index contributed by atoms with van der Waals surface area (Å²) in [5.74, 6) is 1.78. The van der Waals surface area contributed by atoms with Gasteiger partial charge in [0, 0.05) is 13.1 Å². The zero-order valence-electron chi connectivity index (χ0n) is 19.4. The lowest BCUT2D eigenvalue weighted by molar-refractivity contribution is 0.0991. The summed E-state index contributed by atoms with van der Waals surface area (Å²) >= 11 is 0. The Labute approximate surface area is 194 Å². The number of nitrogens with zero attached hydrogens (tertiary/aromatic N) is 3. The SMILES string of the molecule is CCN(CC)CCn1c(NC(=O)c2ccc(COc3ccccc3C)o2)nc2ccccc21. The van der Waals surface area contributed by atoms with Crippen LogP contribution in [-0.2, 0) is 13.2 Å². The van der Waals surface area contributed by atoms with Crippen molar-refractivity contribution in [1.82, 2.24) is 14.5 Å². The van der Waals surface area contributed by atoms with E-state index in [0.717, 1.165) is 48.5 Å². The first kappa shape index (κ1) is 22.6. The van der Waals surface area contributed by atoms with Gasteiger partial charge < -0.3 is 18.6 Å². The molecule has 0 bridgehead atoms. The molecule has 7 heteroatoms. The lowest BCUT2D eigenvalue weighted by Gasteiger charge is -2.19. The summed E-state index contributed by atoms with van der Waals surface area (Å²) in [6.07, 6.45) is 0. The second kappa shape index (κ2) is 10.4. The molecule has 7 nitrogen and oxygen atoms in total. The number of likely N-dealkylation sites (N-methyl/N-ethyl adjacent to an activating group) is 1. The van der Waals surface area contributed by atoms with Crippen LogP contribution in [0.3, 0.4) is 0 Å². The fourth-order valence-electron chi connectivity index (χ4n) is 3.79. The number of hydrogen-bond acceptors (Lipinski definition) is 5. The molecule has 0 fully saturated rings. The third kappa shape index (κ3) is 5.26. The van der Waals surface area contributed by atoms with Gasteiger partial charge in [0.2, 0.25) is 5.95 Å². The van der Waals surface area contributed by atoms with E-state index in [1.54, 1.807) is 12.1 Å². The standard InChI is InChI=1S/C26H30N4O3/c1-4-29(5-2)16-17-30-22-12-8-7-11-21(22)27-26(30)28-25(31)24-15-14-20(33-24)18-32-23-13-9-6-10-19(23)3/h6-15H,4-5,16-18H2,1-3H3,(H,27,28,31). The summed E-state index contributed by atoms with van der Waals surface area (Å²) < 4.78 is 13.6. The van der Waals surface area contributed by atoms with Crippen LogP contribution in [0.25, 0.3) is 11.0 Å². The van der Waals surface area contributed by atoms with Crippen LogP contribution in [0.2, 0.25) is 0 Å².